The molecule has 0 radical (unpaired) electrons. The van der Waals surface area contributed by atoms with Crippen LogP contribution < -0.4 is 4.74 Å². The first kappa shape index (κ1) is 19.7. The topological polar surface area (TPSA) is 74.6 Å². The first-order chi connectivity index (χ1) is 14.8. The van der Waals surface area contributed by atoms with Crippen LogP contribution >= 0.6 is 11.8 Å². The highest BCUT2D eigenvalue weighted by Crippen LogP contribution is 2.41. The lowest BCUT2D eigenvalue weighted by atomic mass is 9.97. The van der Waals surface area contributed by atoms with Crippen molar-refractivity contribution in [1.82, 2.24) is 15.2 Å². The summed E-state index contributed by atoms with van der Waals surface area (Å²) in [5.41, 5.74) is 4.13. The summed E-state index contributed by atoms with van der Waals surface area (Å²) in [5.74, 6) is 1.62. The number of aromatic amines is 1. The van der Waals surface area contributed by atoms with E-state index < -0.39 is 0 Å². The first-order valence-electron chi connectivity index (χ1n) is 9.64. The van der Waals surface area contributed by atoms with Crippen molar-refractivity contribution in [2.24, 2.45) is 0 Å². The second kappa shape index (κ2) is 9.29. The van der Waals surface area contributed by atoms with Crippen LogP contribution in [-0.4, -0.2) is 15.2 Å². The standard InChI is InChI=1S/C24H20N4OS/c1-2-18-14-21(29-20-6-4-3-5-7-20)12-13-22(18)23(30-24-26-16-27-28-24)19-10-8-17(15-25)9-11-19/h3-14,16,23H,2H2,1H3,(H,26,27,28). The molecule has 148 valence electrons. The molecular weight excluding hydrogens is 392 g/mol. The molecule has 6 heteroatoms. The Kier molecular flexibility index (Phi) is 6.11. The zero-order chi connectivity index (χ0) is 20.8. The fourth-order valence-electron chi connectivity index (χ4n) is 3.24. The molecule has 4 aromatic rings. The second-order valence-electron chi connectivity index (χ2n) is 6.65. The van der Waals surface area contributed by atoms with Gasteiger partial charge in [-0.25, -0.2) is 4.98 Å². The molecule has 1 heterocycles. The van der Waals surface area contributed by atoms with Crippen molar-refractivity contribution >= 4 is 11.8 Å². The van der Waals surface area contributed by atoms with Crippen LogP contribution in [0.25, 0.3) is 0 Å². The molecule has 0 saturated heterocycles. The van der Waals surface area contributed by atoms with Gasteiger partial charge in [-0.2, -0.15) is 10.4 Å². The first-order valence-corrected chi connectivity index (χ1v) is 10.5. The summed E-state index contributed by atoms with van der Waals surface area (Å²) in [6.07, 6.45) is 2.38. The van der Waals surface area contributed by atoms with Gasteiger partial charge in [0.05, 0.1) is 16.9 Å². The third kappa shape index (κ3) is 4.53. The second-order valence-corrected chi connectivity index (χ2v) is 7.75. The quantitative estimate of drug-likeness (QED) is 0.382. The van der Waals surface area contributed by atoms with Crippen molar-refractivity contribution in [3.8, 4) is 17.6 Å². The Morgan fingerprint density at radius 3 is 2.50 bits per heavy atom. The SMILES string of the molecule is CCc1cc(Oc2ccccc2)ccc1C(Sc1ncn[nH]1)c1ccc(C#N)cc1. The highest BCUT2D eigenvalue weighted by Gasteiger charge is 2.21. The third-order valence-electron chi connectivity index (χ3n) is 4.72. The number of rotatable bonds is 7. The normalized spacial score (nSPS) is 11.6. The van der Waals surface area contributed by atoms with Crippen molar-refractivity contribution in [3.05, 3.63) is 101 Å². The Bertz CT molecular complexity index is 1140. The van der Waals surface area contributed by atoms with E-state index in [1.165, 1.54) is 17.5 Å². The molecule has 0 amide bonds. The largest absolute Gasteiger partial charge is 0.457 e. The summed E-state index contributed by atoms with van der Waals surface area (Å²) in [4.78, 5) is 4.29. The van der Waals surface area contributed by atoms with E-state index in [9.17, 15) is 0 Å². The molecule has 30 heavy (non-hydrogen) atoms. The van der Waals surface area contributed by atoms with Gasteiger partial charge in [-0.1, -0.05) is 55.1 Å². The minimum atomic E-state index is 0.00594. The van der Waals surface area contributed by atoms with Crippen LogP contribution in [0.2, 0.25) is 0 Å². The minimum Gasteiger partial charge on any atom is -0.457 e. The Morgan fingerprint density at radius 2 is 1.83 bits per heavy atom. The molecule has 1 unspecified atom stereocenters. The number of nitrogens with one attached hydrogen (secondary N) is 1. The molecule has 0 aliphatic rings. The molecule has 5 nitrogen and oxygen atoms in total. The van der Waals surface area contributed by atoms with Gasteiger partial charge in [-0.05, 0) is 59.5 Å². The van der Waals surface area contributed by atoms with E-state index >= 15 is 0 Å². The fraction of sp³-hybridized carbons (Fsp3) is 0.125. The Labute approximate surface area is 179 Å². The number of hydrogen-bond donors (Lipinski definition) is 1. The summed E-state index contributed by atoms with van der Waals surface area (Å²) >= 11 is 1.60. The predicted molar refractivity (Wildman–Crippen MR) is 118 cm³/mol. The maximum atomic E-state index is 9.13. The van der Waals surface area contributed by atoms with E-state index in [4.69, 9.17) is 10.00 Å². The molecule has 3 aromatic carbocycles. The van der Waals surface area contributed by atoms with E-state index in [1.807, 2.05) is 60.7 Å². The molecular formula is C24H20N4OS. The summed E-state index contributed by atoms with van der Waals surface area (Å²) in [6.45, 7) is 2.14. The van der Waals surface area contributed by atoms with Crippen LogP contribution in [0.3, 0.4) is 0 Å². The number of nitrogens with zero attached hydrogens (tertiary/aromatic N) is 3. The fourth-order valence-corrected chi connectivity index (χ4v) is 4.33. The maximum Gasteiger partial charge on any atom is 0.184 e. The van der Waals surface area contributed by atoms with Crippen LogP contribution in [0.5, 0.6) is 11.5 Å². The number of thioether (sulfide) groups is 1. The summed E-state index contributed by atoms with van der Waals surface area (Å²) in [5, 5.41) is 16.8. The van der Waals surface area contributed by atoms with Gasteiger partial charge in [-0.15, -0.1) is 0 Å². The van der Waals surface area contributed by atoms with Crippen molar-refractivity contribution in [1.29, 1.82) is 5.26 Å². The number of aromatic nitrogens is 3. The van der Waals surface area contributed by atoms with Gasteiger partial charge in [0.2, 0.25) is 0 Å². The Hall–Kier alpha value is -3.56. The van der Waals surface area contributed by atoms with Gasteiger partial charge in [0, 0.05) is 0 Å². The zero-order valence-corrected chi connectivity index (χ0v) is 17.3. The molecule has 0 bridgehead atoms. The number of H-pyrrole nitrogens is 1. The van der Waals surface area contributed by atoms with Crippen LogP contribution in [0.4, 0.5) is 0 Å². The monoisotopic (exact) mass is 412 g/mol. The number of hydrogen-bond acceptors (Lipinski definition) is 5. The van der Waals surface area contributed by atoms with Crippen LogP contribution in [0.15, 0.2) is 84.3 Å². The van der Waals surface area contributed by atoms with Gasteiger partial charge < -0.3 is 4.74 Å². The van der Waals surface area contributed by atoms with E-state index in [1.54, 1.807) is 11.8 Å². The highest BCUT2D eigenvalue weighted by atomic mass is 32.2. The number of para-hydroxylation sites is 1. The van der Waals surface area contributed by atoms with Gasteiger partial charge in [-0.3, -0.25) is 5.10 Å². The van der Waals surface area contributed by atoms with Gasteiger partial charge in [0.15, 0.2) is 5.16 Å². The summed E-state index contributed by atoms with van der Waals surface area (Å²) < 4.78 is 6.03. The smallest absolute Gasteiger partial charge is 0.184 e. The molecule has 0 saturated carbocycles. The molecule has 0 fully saturated rings. The molecule has 0 aliphatic heterocycles. The molecule has 1 aromatic heterocycles. The number of nitriles is 1. The van der Waals surface area contributed by atoms with Gasteiger partial charge in [0.25, 0.3) is 0 Å². The molecule has 0 aliphatic carbocycles. The molecule has 4 rings (SSSR count). The van der Waals surface area contributed by atoms with Crippen molar-refractivity contribution in [2.75, 3.05) is 0 Å². The van der Waals surface area contributed by atoms with E-state index in [-0.39, 0.29) is 5.25 Å². The van der Waals surface area contributed by atoms with Crippen LogP contribution in [0, 0.1) is 11.3 Å². The third-order valence-corrected chi connectivity index (χ3v) is 5.90. The lowest BCUT2D eigenvalue weighted by Gasteiger charge is -2.20. The van der Waals surface area contributed by atoms with Crippen molar-refractivity contribution < 1.29 is 4.74 Å². The lowest BCUT2D eigenvalue weighted by molar-refractivity contribution is 0.482. The number of benzene rings is 3. The van der Waals surface area contributed by atoms with Gasteiger partial charge >= 0.3 is 0 Å². The number of ether oxygens (including phenoxy) is 1. The van der Waals surface area contributed by atoms with Crippen LogP contribution in [-0.2, 0) is 6.42 Å². The molecule has 0 spiro atoms. The van der Waals surface area contributed by atoms with Crippen LogP contribution in [0.1, 0.15) is 34.4 Å². The maximum absolute atomic E-state index is 9.13. The summed E-state index contributed by atoms with van der Waals surface area (Å²) in [7, 11) is 0. The van der Waals surface area contributed by atoms with E-state index in [0.29, 0.717) is 5.56 Å². The van der Waals surface area contributed by atoms with Crippen molar-refractivity contribution in [3.63, 3.8) is 0 Å². The molecule has 1 atom stereocenters. The Morgan fingerprint density at radius 1 is 1.03 bits per heavy atom. The average molecular weight is 413 g/mol. The lowest BCUT2D eigenvalue weighted by Crippen LogP contribution is -2.02. The van der Waals surface area contributed by atoms with Gasteiger partial charge in [0.1, 0.15) is 17.8 Å². The van der Waals surface area contributed by atoms with E-state index in [0.717, 1.165) is 28.6 Å². The highest BCUT2D eigenvalue weighted by molar-refractivity contribution is 7.99. The minimum absolute atomic E-state index is 0.00594. The van der Waals surface area contributed by atoms with E-state index in [2.05, 4.69) is 40.3 Å². The zero-order valence-electron chi connectivity index (χ0n) is 16.4. The molecule has 1 N–H and O–H groups in total. The predicted octanol–water partition coefficient (Wildman–Crippen LogP) is 5.91. The summed E-state index contributed by atoms with van der Waals surface area (Å²) in [6, 6.07) is 25.9. The van der Waals surface area contributed by atoms with Crippen molar-refractivity contribution in [2.45, 2.75) is 23.8 Å². The Balaban J connectivity index is 1.70. The number of aryl methyl sites for hydroxylation is 1. The average Bonchev–Trinajstić information content (AvgIpc) is 3.32.